The van der Waals surface area contributed by atoms with Crippen molar-refractivity contribution in [1.82, 2.24) is 14.9 Å². The van der Waals surface area contributed by atoms with Gasteiger partial charge < -0.3 is 10.2 Å². The summed E-state index contributed by atoms with van der Waals surface area (Å²) in [6.07, 6.45) is 2.00. The van der Waals surface area contributed by atoms with Crippen LogP contribution in [0.5, 0.6) is 0 Å². The number of amides is 1. The number of hydrogen-bond donors (Lipinski definition) is 2. The fourth-order valence-electron chi connectivity index (χ4n) is 2.93. The van der Waals surface area contributed by atoms with Gasteiger partial charge in [-0.15, -0.1) is 5.10 Å². The van der Waals surface area contributed by atoms with Crippen LogP contribution in [0.4, 0.5) is 0 Å². The van der Waals surface area contributed by atoms with Gasteiger partial charge in [0.15, 0.2) is 0 Å². The fourth-order valence-corrected chi connectivity index (χ4v) is 3.61. The first kappa shape index (κ1) is 16.4. The number of nitrogens with one attached hydrogen (secondary N) is 2. The van der Waals surface area contributed by atoms with Gasteiger partial charge in [0.25, 0.3) is 5.91 Å². The number of halogens is 1. The summed E-state index contributed by atoms with van der Waals surface area (Å²) in [5.74, 6) is -0.0383. The van der Waals surface area contributed by atoms with Crippen LogP contribution in [0.3, 0.4) is 0 Å². The van der Waals surface area contributed by atoms with Gasteiger partial charge in [0.2, 0.25) is 0 Å². The molecule has 0 aliphatic carbocycles. The standard InChI is InChI=1S/C16H19ClN4OS/c1-11-15(23-20-19-11)16(22)18-14-6-8-21(9-7-14)10-12-2-4-13(17)5-3-12/h2-5,14H,6-10H2,1H3,(H,18,22)/p+1. The molecule has 1 saturated heterocycles. The predicted molar refractivity (Wildman–Crippen MR) is 91.0 cm³/mol. The molecule has 1 aliphatic heterocycles. The van der Waals surface area contributed by atoms with E-state index in [-0.39, 0.29) is 11.9 Å². The van der Waals surface area contributed by atoms with Gasteiger partial charge in [-0.3, -0.25) is 4.79 Å². The Hall–Kier alpha value is -1.50. The van der Waals surface area contributed by atoms with Crippen molar-refractivity contribution in [1.29, 1.82) is 0 Å². The lowest BCUT2D eigenvalue weighted by atomic mass is 10.0. The highest BCUT2D eigenvalue weighted by Gasteiger charge is 2.25. The number of hydrogen-bond acceptors (Lipinski definition) is 4. The highest BCUT2D eigenvalue weighted by Crippen LogP contribution is 2.11. The van der Waals surface area contributed by atoms with Crippen molar-refractivity contribution in [3.05, 3.63) is 45.4 Å². The first-order valence-corrected chi connectivity index (χ1v) is 8.95. The molecule has 1 aromatic heterocycles. The van der Waals surface area contributed by atoms with Crippen LogP contribution in [-0.2, 0) is 6.54 Å². The van der Waals surface area contributed by atoms with Crippen molar-refractivity contribution in [3.63, 3.8) is 0 Å². The van der Waals surface area contributed by atoms with E-state index in [9.17, 15) is 4.79 Å². The summed E-state index contributed by atoms with van der Waals surface area (Å²) >= 11 is 7.08. The third-order valence-electron chi connectivity index (χ3n) is 4.25. The Kier molecular flexibility index (Phi) is 5.25. The van der Waals surface area contributed by atoms with Crippen LogP contribution in [0.15, 0.2) is 24.3 Å². The molecule has 1 aromatic carbocycles. The molecule has 122 valence electrons. The van der Waals surface area contributed by atoms with Gasteiger partial charge in [-0.1, -0.05) is 28.2 Å². The second-order valence-corrected chi connectivity index (χ2v) is 7.18. The molecule has 2 aromatic rings. The first-order chi connectivity index (χ1) is 11.1. The highest BCUT2D eigenvalue weighted by atomic mass is 35.5. The third-order valence-corrected chi connectivity index (χ3v) is 5.33. The molecule has 1 amide bonds. The lowest BCUT2D eigenvalue weighted by Gasteiger charge is -2.29. The molecule has 0 spiro atoms. The average molecular weight is 352 g/mol. The number of aryl methyl sites for hydroxylation is 1. The van der Waals surface area contributed by atoms with Gasteiger partial charge in [-0.25, -0.2) is 0 Å². The normalized spacial score (nSPS) is 21.1. The summed E-state index contributed by atoms with van der Waals surface area (Å²) < 4.78 is 3.82. The van der Waals surface area contributed by atoms with Crippen LogP contribution >= 0.6 is 23.1 Å². The molecule has 0 atom stereocenters. The van der Waals surface area contributed by atoms with Crippen LogP contribution < -0.4 is 10.2 Å². The Balaban J connectivity index is 1.48. The van der Waals surface area contributed by atoms with Crippen molar-refractivity contribution < 1.29 is 9.69 Å². The maximum absolute atomic E-state index is 12.2. The highest BCUT2D eigenvalue weighted by molar-refractivity contribution is 7.08. The van der Waals surface area contributed by atoms with E-state index in [1.54, 1.807) is 4.90 Å². The van der Waals surface area contributed by atoms with E-state index in [2.05, 4.69) is 27.0 Å². The van der Waals surface area contributed by atoms with Crippen LogP contribution in [0.2, 0.25) is 5.02 Å². The minimum absolute atomic E-state index is 0.0383. The second kappa shape index (κ2) is 7.38. The molecule has 0 radical (unpaired) electrons. The van der Waals surface area contributed by atoms with Crippen molar-refractivity contribution in [2.24, 2.45) is 0 Å². The average Bonchev–Trinajstić information content (AvgIpc) is 2.98. The number of likely N-dealkylation sites (tertiary alicyclic amines) is 1. The number of quaternary nitrogens is 1. The van der Waals surface area contributed by atoms with E-state index < -0.39 is 0 Å². The van der Waals surface area contributed by atoms with Crippen LogP contribution in [0.25, 0.3) is 0 Å². The van der Waals surface area contributed by atoms with Gasteiger partial charge in [0, 0.05) is 29.5 Å². The van der Waals surface area contributed by atoms with Crippen LogP contribution in [-0.4, -0.2) is 34.6 Å². The zero-order valence-electron chi connectivity index (χ0n) is 13.0. The van der Waals surface area contributed by atoms with Gasteiger partial charge >= 0.3 is 0 Å². The number of piperidine rings is 1. The zero-order valence-corrected chi connectivity index (χ0v) is 14.6. The molecular weight excluding hydrogens is 332 g/mol. The molecule has 2 N–H and O–H groups in total. The van der Waals surface area contributed by atoms with Gasteiger partial charge in [0.05, 0.1) is 18.8 Å². The SMILES string of the molecule is Cc1nnsc1C(=O)NC1CC[NH+](Cc2ccc(Cl)cc2)CC1. The Morgan fingerprint density at radius 2 is 2.04 bits per heavy atom. The zero-order chi connectivity index (χ0) is 16.2. The summed E-state index contributed by atoms with van der Waals surface area (Å²) in [6, 6.07) is 8.30. The monoisotopic (exact) mass is 351 g/mol. The lowest BCUT2D eigenvalue weighted by molar-refractivity contribution is -0.918. The quantitative estimate of drug-likeness (QED) is 0.877. The molecule has 1 fully saturated rings. The molecular formula is C16H20ClN4OS+. The molecule has 1 aliphatic rings. The van der Waals surface area contributed by atoms with E-state index in [0.717, 1.165) is 49.0 Å². The Morgan fingerprint density at radius 1 is 1.35 bits per heavy atom. The number of nitrogens with zero attached hydrogens (tertiary/aromatic N) is 2. The minimum Gasteiger partial charge on any atom is -0.348 e. The fraction of sp³-hybridized carbons (Fsp3) is 0.438. The molecule has 0 unspecified atom stereocenters. The van der Waals surface area contributed by atoms with Crippen LogP contribution in [0, 0.1) is 6.92 Å². The van der Waals surface area contributed by atoms with Crippen molar-refractivity contribution in [3.8, 4) is 0 Å². The van der Waals surface area contributed by atoms with E-state index in [4.69, 9.17) is 11.6 Å². The molecule has 7 heteroatoms. The van der Waals surface area contributed by atoms with Gasteiger partial charge in [-0.2, -0.15) is 0 Å². The molecule has 23 heavy (non-hydrogen) atoms. The molecule has 5 nitrogen and oxygen atoms in total. The summed E-state index contributed by atoms with van der Waals surface area (Å²) in [6.45, 7) is 4.95. The van der Waals surface area contributed by atoms with Gasteiger partial charge in [0.1, 0.15) is 11.4 Å². The van der Waals surface area contributed by atoms with E-state index in [1.165, 1.54) is 5.56 Å². The largest absolute Gasteiger partial charge is 0.348 e. The topological polar surface area (TPSA) is 59.3 Å². The van der Waals surface area contributed by atoms with Crippen molar-refractivity contribution >= 4 is 29.0 Å². The number of carbonyl (C=O) groups is 1. The summed E-state index contributed by atoms with van der Waals surface area (Å²) in [7, 11) is 0. The third kappa shape index (κ3) is 4.28. The van der Waals surface area contributed by atoms with E-state index in [1.807, 2.05) is 19.1 Å². The summed E-state index contributed by atoms with van der Waals surface area (Å²) in [5.41, 5.74) is 2.01. The number of aromatic nitrogens is 2. The number of rotatable bonds is 4. The smallest absolute Gasteiger partial charge is 0.265 e. The lowest BCUT2D eigenvalue weighted by Crippen LogP contribution is -3.12. The molecule has 0 saturated carbocycles. The number of benzene rings is 1. The molecule has 2 heterocycles. The Bertz CT molecular complexity index is 665. The second-order valence-electron chi connectivity index (χ2n) is 5.99. The maximum atomic E-state index is 12.2. The van der Waals surface area contributed by atoms with Crippen molar-refractivity contribution in [2.75, 3.05) is 13.1 Å². The summed E-state index contributed by atoms with van der Waals surface area (Å²) in [4.78, 5) is 14.4. The van der Waals surface area contributed by atoms with Crippen molar-refractivity contribution in [2.45, 2.75) is 32.4 Å². The summed E-state index contributed by atoms with van der Waals surface area (Å²) in [5, 5.41) is 7.78. The minimum atomic E-state index is -0.0383. The molecule has 0 bridgehead atoms. The Labute approximate surface area is 144 Å². The van der Waals surface area contributed by atoms with E-state index >= 15 is 0 Å². The first-order valence-electron chi connectivity index (χ1n) is 7.79. The maximum Gasteiger partial charge on any atom is 0.265 e. The van der Waals surface area contributed by atoms with E-state index in [0.29, 0.717) is 10.6 Å². The number of carbonyl (C=O) groups excluding carboxylic acids is 1. The van der Waals surface area contributed by atoms with Crippen LogP contribution in [0.1, 0.15) is 33.8 Å². The predicted octanol–water partition coefficient (Wildman–Crippen LogP) is 1.48. The van der Waals surface area contributed by atoms with Gasteiger partial charge in [-0.05, 0) is 30.6 Å². The Morgan fingerprint density at radius 3 is 2.65 bits per heavy atom. The molecule has 3 rings (SSSR count).